The summed E-state index contributed by atoms with van der Waals surface area (Å²) in [6, 6.07) is 4.35. The van der Waals surface area contributed by atoms with Gasteiger partial charge in [-0.15, -0.1) is 0 Å². The lowest BCUT2D eigenvalue weighted by Crippen LogP contribution is -2.30. The summed E-state index contributed by atoms with van der Waals surface area (Å²) in [4.78, 5) is 13.8. The first-order chi connectivity index (χ1) is 10.4. The molecule has 6 heteroatoms. The maximum atomic E-state index is 12.5. The molecule has 1 saturated heterocycles. The number of ether oxygens (including phenoxy) is 1. The van der Waals surface area contributed by atoms with E-state index in [0.717, 1.165) is 44.6 Å². The van der Waals surface area contributed by atoms with E-state index in [2.05, 4.69) is 0 Å². The number of hydrogen-bond donors (Lipinski definition) is 0. The molecule has 0 atom stereocenters. The SMILES string of the molecule is CN(CCC1CCOCC1)C(=O)c1ccc(C(F)(F)F)cc1. The lowest BCUT2D eigenvalue weighted by molar-refractivity contribution is -0.137. The molecule has 0 N–H and O–H groups in total. The summed E-state index contributed by atoms with van der Waals surface area (Å²) in [5, 5.41) is 0. The van der Waals surface area contributed by atoms with Gasteiger partial charge in [0, 0.05) is 32.4 Å². The fourth-order valence-corrected chi connectivity index (χ4v) is 2.54. The Morgan fingerprint density at radius 1 is 1.23 bits per heavy atom. The van der Waals surface area contributed by atoms with E-state index in [1.54, 1.807) is 11.9 Å². The Morgan fingerprint density at radius 3 is 2.36 bits per heavy atom. The summed E-state index contributed by atoms with van der Waals surface area (Å²) >= 11 is 0. The predicted octanol–water partition coefficient (Wildman–Crippen LogP) is 3.59. The molecule has 1 aliphatic rings. The smallest absolute Gasteiger partial charge is 0.381 e. The van der Waals surface area contributed by atoms with E-state index >= 15 is 0 Å². The molecule has 2 rings (SSSR count). The number of hydrogen-bond acceptors (Lipinski definition) is 2. The molecule has 1 aromatic rings. The van der Waals surface area contributed by atoms with E-state index in [-0.39, 0.29) is 11.5 Å². The monoisotopic (exact) mass is 315 g/mol. The lowest BCUT2D eigenvalue weighted by Gasteiger charge is -2.25. The molecule has 3 nitrogen and oxygen atoms in total. The highest BCUT2D eigenvalue weighted by molar-refractivity contribution is 5.94. The van der Waals surface area contributed by atoms with Gasteiger partial charge >= 0.3 is 6.18 Å². The Balaban J connectivity index is 1.89. The van der Waals surface area contributed by atoms with Gasteiger partial charge in [-0.05, 0) is 49.4 Å². The molecule has 0 bridgehead atoms. The van der Waals surface area contributed by atoms with Gasteiger partial charge in [0.05, 0.1) is 5.56 Å². The normalized spacial score (nSPS) is 16.5. The van der Waals surface area contributed by atoms with Crippen LogP contribution in [0.3, 0.4) is 0 Å². The van der Waals surface area contributed by atoms with Crippen LogP contribution in [-0.4, -0.2) is 37.6 Å². The number of alkyl halides is 3. The highest BCUT2D eigenvalue weighted by Crippen LogP contribution is 2.29. The average Bonchev–Trinajstić information content (AvgIpc) is 2.52. The number of benzene rings is 1. The van der Waals surface area contributed by atoms with E-state index in [4.69, 9.17) is 4.74 Å². The first-order valence-electron chi connectivity index (χ1n) is 7.38. The minimum atomic E-state index is -4.38. The second-order valence-corrected chi connectivity index (χ2v) is 5.65. The van der Waals surface area contributed by atoms with Gasteiger partial charge in [-0.2, -0.15) is 13.2 Å². The quantitative estimate of drug-likeness (QED) is 0.850. The summed E-state index contributed by atoms with van der Waals surface area (Å²) in [6.45, 7) is 2.13. The van der Waals surface area contributed by atoms with Crippen molar-refractivity contribution < 1.29 is 22.7 Å². The topological polar surface area (TPSA) is 29.5 Å². The van der Waals surface area contributed by atoms with E-state index in [0.29, 0.717) is 12.5 Å². The molecule has 0 aliphatic carbocycles. The van der Waals surface area contributed by atoms with E-state index < -0.39 is 11.7 Å². The average molecular weight is 315 g/mol. The molecule has 1 aromatic carbocycles. The number of amides is 1. The number of carbonyl (C=O) groups excluding carboxylic acids is 1. The molecule has 0 spiro atoms. The molecule has 0 saturated carbocycles. The van der Waals surface area contributed by atoms with Crippen LogP contribution >= 0.6 is 0 Å². The van der Waals surface area contributed by atoms with Crippen LogP contribution in [0.1, 0.15) is 35.2 Å². The number of carbonyl (C=O) groups is 1. The van der Waals surface area contributed by atoms with Crippen molar-refractivity contribution in [3.8, 4) is 0 Å². The fourth-order valence-electron chi connectivity index (χ4n) is 2.54. The molecule has 0 radical (unpaired) electrons. The maximum absolute atomic E-state index is 12.5. The van der Waals surface area contributed by atoms with Gasteiger partial charge in [0.25, 0.3) is 5.91 Å². The van der Waals surface area contributed by atoms with Crippen molar-refractivity contribution in [1.29, 1.82) is 0 Å². The molecule has 0 aromatic heterocycles. The summed E-state index contributed by atoms with van der Waals surface area (Å²) in [7, 11) is 1.68. The highest BCUT2D eigenvalue weighted by atomic mass is 19.4. The van der Waals surface area contributed by atoms with Crippen LogP contribution in [0.15, 0.2) is 24.3 Å². The predicted molar refractivity (Wildman–Crippen MR) is 76.6 cm³/mol. The van der Waals surface area contributed by atoms with Gasteiger partial charge in [0.15, 0.2) is 0 Å². The van der Waals surface area contributed by atoms with Gasteiger partial charge in [0.2, 0.25) is 0 Å². The fraction of sp³-hybridized carbons (Fsp3) is 0.562. The largest absolute Gasteiger partial charge is 0.416 e. The standard InChI is InChI=1S/C16H20F3NO2/c1-20(9-6-12-7-10-22-11-8-12)15(21)13-2-4-14(5-3-13)16(17,18)19/h2-5,12H,6-11H2,1H3. The minimum Gasteiger partial charge on any atom is -0.381 e. The lowest BCUT2D eigenvalue weighted by atomic mass is 9.96. The third-order valence-corrected chi connectivity index (χ3v) is 4.02. The Morgan fingerprint density at radius 2 is 1.82 bits per heavy atom. The number of halogens is 3. The Bertz CT molecular complexity index is 493. The molecule has 0 unspecified atom stereocenters. The Kier molecular flexibility index (Phi) is 5.45. The maximum Gasteiger partial charge on any atom is 0.416 e. The van der Waals surface area contributed by atoms with E-state index in [1.165, 1.54) is 12.1 Å². The van der Waals surface area contributed by atoms with Crippen molar-refractivity contribution in [2.24, 2.45) is 5.92 Å². The molecule has 122 valence electrons. The summed E-state index contributed by atoms with van der Waals surface area (Å²) in [5.41, 5.74) is -0.462. The van der Waals surface area contributed by atoms with Crippen LogP contribution in [0.2, 0.25) is 0 Å². The van der Waals surface area contributed by atoms with Crippen molar-refractivity contribution >= 4 is 5.91 Å². The second-order valence-electron chi connectivity index (χ2n) is 5.65. The molecule has 1 fully saturated rings. The van der Waals surface area contributed by atoms with Crippen LogP contribution in [0.4, 0.5) is 13.2 Å². The van der Waals surface area contributed by atoms with Crippen molar-refractivity contribution in [3.63, 3.8) is 0 Å². The van der Waals surface area contributed by atoms with Crippen molar-refractivity contribution in [1.82, 2.24) is 4.90 Å². The Hall–Kier alpha value is -1.56. The van der Waals surface area contributed by atoms with Crippen LogP contribution in [0, 0.1) is 5.92 Å². The van der Waals surface area contributed by atoms with Gasteiger partial charge in [-0.25, -0.2) is 0 Å². The van der Waals surface area contributed by atoms with Gasteiger partial charge in [-0.3, -0.25) is 4.79 Å². The summed E-state index contributed by atoms with van der Waals surface area (Å²) < 4.78 is 42.8. The number of rotatable bonds is 4. The van der Waals surface area contributed by atoms with Crippen molar-refractivity contribution in [2.75, 3.05) is 26.8 Å². The van der Waals surface area contributed by atoms with E-state index in [1.807, 2.05) is 0 Å². The van der Waals surface area contributed by atoms with Crippen LogP contribution in [0.25, 0.3) is 0 Å². The summed E-state index contributed by atoms with van der Waals surface area (Å²) in [6.07, 6.45) is -1.48. The zero-order valence-electron chi connectivity index (χ0n) is 12.5. The first kappa shape index (κ1) is 16.8. The first-order valence-corrected chi connectivity index (χ1v) is 7.38. The summed E-state index contributed by atoms with van der Waals surface area (Å²) in [5.74, 6) is 0.303. The third-order valence-electron chi connectivity index (χ3n) is 4.02. The number of nitrogens with zero attached hydrogens (tertiary/aromatic N) is 1. The van der Waals surface area contributed by atoms with Gasteiger partial charge in [-0.1, -0.05) is 0 Å². The van der Waals surface area contributed by atoms with Crippen molar-refractivity contribution in [2.45, 2.75) is 25.4 Å². The van der Waals surface area contributed by atoms with Gasteiger partial charge in [0.1, 0.15) is 0 Å². The molecular formula is C16H20F3NO2. The van der Waals surface area contributed by atoms with Crippen LogP contribution in [0.5, 0.6) is 0 Å². The highest BCUT2D eigenvalue weighted by Gasteiger charge is 2.30. The molecule has 22 heavy (non-hydrogen) atoms. The molecule has 1 aliphatic heterocycles. The van der Waals surface area contributed by atoms with Crippen molar-refractivity contribution in [3.05, 3.63) is 35.4 Å². The molecular weight excluding hydrogens is 295 g/mol. The molecule has 1 amide bonds. The zero-order chi connectivity index (χ0) is 16.2. The van der Waals surface area contributed by atoms with Crippen LogP contribution in [-0.2, 0) is 10.9 Å². The zero-order valence-corrected chi connectivity index (χ0v) is 12.5. The van der Waals surface area contributed by atoms with Gasteiger partial charge < -0.3 is 9.64 Å². The minimum absolute atomic E-state index is 0.249. The second kappa shape index (κ2) is 7.13. The Labute approximate surface area is 128 Å². The van der Waals surface area contributed by atoms with Crippen LogP contribution < -0.4 is 0 Å². The van der Waals surface area contributed by atoms with E-state index in [9.17, 15) is 18.0 Å². The molecule has 1 heterocycles. The third kappa shape index (κ3) is 4.47.